The molecule has 2 aromatic carbocycles. The number of nitrogens with zero attached hydrogens (tertiary/aromatic N) is 1. The fraction of sp³-hybridized carbons (Fsp3) is 0.238. The molecule has 0 aliphatic rings. The van der Waals surface area contributed by atoms with Crippen molar-refractivity contribution in [3.8, 4) is 0 Å². The number of aryl methyl sites for hydroxylation is 1. The highest BCUT2D eigenvalue weighted by atomic mass is 32.2. The Hall–Kier alpha value is -3.13. The molecule has 0 fully saturated rings. The lowest BCUT2D eigenvalue weighted by atomic mass is 10.1. The Kier molecular flexibility index (Phi) is 7.55. The summed E-state index contributed by atoms with van der Waals surface area (Å²) >= 11 is 0. The molecule has 2 N–H and O–H groups in total. The van der Waals surface area contributed by atoms with Crippen LogP contribution >= 0.6 is 0 Å². The van der Waals surface area contributed by atoms with Gasteiger partial charge in [-0.15, -0.1) is 0 Å². The third-order valence-electron chi connectivity index (χ3n) is 4.06. The molecule has 7 nitrogen and oxygen atoms in total. The minimum atomic E-state index is -3.33. The monoisotopic (exact) mass is 415 g/mol. The Morgan fingerprint density at radius 3 is 2.34 bits per heavy atom. The van der Waals surface area contributed by atoms with Gasteiger partial charge in [0, 0.05) is 24.5 Å². The number of rotatable bonds is 8. The van der Waals surface area contributed by atoms with E-state index in [1.807, 2.05) is 31.2 Å². The maximum atomic E-state index is 12.2. The molecule has 2 rings (SSSR count). The molecule has 154 valence electrons. The number of anilines is 2. The molecule has 0 saturated heterocycles. The standard InChI is InChI=1S/C21H25N3O4S/c1-4-17-7-5-6-8-19(17)22-20(25)15-24(2)21(26)14-11-16-9-12-18(13-10-16)23-29(3,27)28/h5-14,23H,4,15H2,1-3H3,(H,22,25)/b14-11+. The zero-order valence-electron chi connectivity index (χ0n) is 16.7. The van der Waals surface area contributed by atoms with E-state index in [0.29, 0.717) is 5.69 Å². The molecule has 29 heavy (non-hydrogen) atoms. The van der Waals surface area contributed by atoms with Crippen molar-refractivity contribution in [2.24, 2.45) is 0 Å². The molecule has 0 saturated carbocycles. The molecule has 0 aliphatic heterocycles. The molecular weight excluding hydrogens is 390 g/mol. The highest BCUT2D eigenvalue weighted by Gasteiger charge is 2.12. The van der Waals surface area contributed by atoms with E-state index in [2.05, 4.69) is 10.0 Å². The predicted molar refractivity (Wildman–Crippen MR) is 116 cm³/mol. The van der Waals surface area contributed by atoms with E-state index in [1.54, 1.807) is 37.4 Å². The van der Waals surface area contributed by atoms with Crippen LogP contribution in [-0.4, -0.2) is 45.0 Å². The van der Waals surface area contributed by atoms with Crippen molar-refractivity contribution in [2.75, 3.05) is 29.9 Å². The average molecular weight is 416 g/mol. The van der Waals surface area contributed by atoms with E-state index in [9.17, 15) is 18.0 Å². The van der Waals surface area contributed by atoms with Crippen LogP contribution in [0.2, 0.25) is 0 Å². The Morgan fingerprint density at radius 1 is 1.07 bits per heavy atom. The fourth-order valence-corrected chi connectivity index (χ4v) is 3.17. The Labute approximate surface area is 171 Å². The molecular formula is C21H25N3O4S. The lowest BCUT2D eigenvalue weighted by Gasteiger charge is -2.16. The normalized spacial score (nSPS) is 11.3. The van der Waals surface area contributed by atoms with Gasteiger partial charge < -0.3 is 10.2 Å². The van der Waals surface area contributed by atoms with Crippen molar-refractivity contribution in [1.82, 2.24) is 4.90 Å². The van der Waals surface area contributed by atoms with E-state index in [-0.39, 0.29) is 18.4 Å². The lowest BCUT2D eigenvalue weighted by Crippen LogP contribution is -2.34. The van der Waals surface area contributed by atoms with Crippen LogP contribution in [0.1, 0.15) is 18.1 Å². The summed E-state index contributed by atoms with van der Waals surface area (Å²) in [5.41, 5.74) is 2.95. The van der Waals surface area contributed by atoms with Crippen molar-refractivity contribution in [2.45, 2.75) is 13.3 Å². The summed E-state index contributed by atoms with van der Waals surface area (Å²) in [5.74, 6) is -0.589. The number of para-hydroxylation sites is 1. The van der Waals surface area contributed by atoms with Crippen LogP contribution in [0.25, 0.3) is 6.08 Å². The Morgan fingerprint density at radius 2 is 1.72 bits per heavy atom. The summed E-state index contributed by atoms with van der Waals surface area (Å²) in [4.78, 5) is 25.8. The SMILES string of the molecule is CCc1ccccc1NC(=O)CN(C)C(=O)/C=C/c1ccc(NS(C)(=O)=O)cc1. The van der Waals surface area contributed by atoms with Gasteiger partial charge in [0.1, 0.15) is 0 Å². The fourth-order valence-electron chi connectivity index (χ4n) is 2.60. The third-order valence-corrected chi connectivity index (χ3v) is 4.67. The minimum Gasteiger partial charge on any atom is -0.333 e. The van der Waals surface area contributed by atoms with Crippen molar-refractivity contribution < 1.29 is 18.0 Å². The first-order valence-corrected chi connectivity index (χ1v) is 11.0. The zero-order chi connectivity index (χ0) is 21.4. The van der Waals surface area contributed by atoms with Gasteiger partial charge in [-0.2, -0.15) is 0 Å². The van der Waals surface area contributed by atoms with Gasteiger partial charge in [-0.3, -0.25) is 14.3 Å². The van der Waals surface area contributed by atoms with Crippen LogP contribution in [0, 0.1) is 0 Å². The quantitative estimate of drug-likeness (QED) is 0.648. The van der Waals surface area contributed by atoms with Crippen LogP contribution in [-0.2, 0) is 26.0 Å². The Bertz CT molecular complexity index is 999. The van der Waals surface area contributed by atoms with Gasteiger partial charge in [-0.05, 0) is 41.8 Å². The summed E-state index contributed by atoms with van der Waals surface area (Å²) < 4.78 is 24.8. The zero-order valence-corrected chi connectivity index (χ0v) is 17.5. The molecule has 0 bridgehead atoms. The first-order valence-electron chi connectivity index (χ1n) is 9.06. The van der Waals surface area contributed by atoms with E-state index >= 15 is 0 Å². The van der Waals surface area contributed by atoms with Gasteiger partial charge in [0.25, 0.3) is 0 Å². The Balaban J connectivity index is 1.91. The molecule has 0 unspecified atom stereocenters. The molecule has 2 amide bonds. The van der Waals surface area contributed by atoms with E-state index < -0.39 is 10.0 Å². The number of hydrogen-bond donors (Lipinski definition) is 2. The minimum absolute atomic E-state index is 0.0710. The maximum absolute atomic E-state index is 12.2. The number of hydrogen-bond acceptors (Lipinski definition) is 4. The van der Waals surface area contributed by atoms with Gasteiger partial charge in [-0.25, -0.2) is 8.42 Å². The van der Waals surface area contributed by atoms with E-state index in [4.69, 9.17) is 0 Å². The van der Waals surface area contributed by atoms with Crippen molar-refractivity contribution >= 4 is 39.3 Å². The molecule has 0 heterocycles. The largest absolute Gasteiger partial charge is 0.333 e. The molecule has 0 aromatic heterocycles. The number of likely N-dealkylation sites (N-methyl/N-ethyl adjacent to an activating group) is 1. The van der Waals surface area contributed by atoms with Crippen molar-refractivity contribution in [1.29, 1.82) is 0 Å². The molecule has 0 radical (unpaired) electrons. The van der Waals surface area contributed by atoms with E-state index in [1.165, 1.54) is 11.0 Å². The van der Waals surface area contributed by atoms with Crippen molar-refractivity contribution in [3.05, 3.63) is 65.7 Å². The van der Waals surface area contributed by atoms with Gasteiger partial charge in [0.2, 0.25) is 21.8 Å². The number of benzene rings is 2. The summed E-state index contributed by atoms with van der Waals surface area (Å²) in [7, 11) is -1.78. The number of amides is 2. The van der Waals surface area contributed by atoms with Crippen molar-refractivity contribution in [3.63, 3.8) is 0 Å². The highest BCUT2D eigenvalue weighted by molar-refractivity contribution is 7.92. The van der Waals surface area contributed by atoms with Crippen LogP contribution in [0.5, 0.6) is 0 Å². The molecule has 8 heteroatoms. The molecule has 2 aromatic rings. The summed E-state index contributed by atoms with van der Waals surface area (Å²) in [6, 6.07) is 14.1. The first-order chi connectivity index (χ1) is 13.7. The summed E-state index contributed by atoms with van der Waals surface area (Å²) in [5, 5.41) is 2.83. The number of carbonyl (C=O) groups excluding carboxylic acids is 2. The predicted octanol–water partition coefficient (Wildman–Crippen LogP) is 2.73. The first kappa shape index (κ1) is 22.2. The van der Waals surface area contributed by atoms with E-state index in [0.717, 1.165) is 29.5 Å². The molecule has 0 atom stereocenters. The van der Waals surface area contributed by atoms with Gasteiger partial charge in [0.15, 0.2) is 0 Å². The smallest absolute Gasteiger partial charge is 0.246 e. The number of nitrogens with one attached hydrogen (secondary N) is 2. The third kappa shape index (κ3) is 7.42. The second kappa shape index (κ2) is 9.88. The topological polar surface area (TPSA) is 95.6 Å². The number of sulfonamides is 1. The lowest BCUT2D eigenvalue weighted by molar-refractivity contribution is -0.129. The summed E-state index contributed by atoms with van der Waals surface area (Å²) in [6.07, 6.45) is 4.85. The van der Waals surface area contributed by atoms with Crippen LogP contribution in [0.15, 0.2) is 54.6 Å². The maximum Gasteiger partial charge on any atom is 0.246 e. The molecule has 0 spiro atoms. The second-order valence-electron chi connectivity index (χ2n) is 6.58. The number of carbonyl (C=O) groups is 2. The second-order valence-corrected chi connectivity index (χ2v) is 8.33. The molecule has 0 aliphatic carbocycles. The van der Waals surface area contributed by atoms with Gasteiger partial charge in [-0.1, -0.05) is 37.3 Å². The highest BCUT2D eigenvalue weighted by Crippen LogP contribution is 2.15. The summed E-state index contributed by atoms with van der Waals surface area (Å²) in [6.45, 7) is 1.94. The van der Waals surface area contributed by atoms with Gasteiger partial charge in [0.05, 0.1) is 12.8 Å². The van der Waals surface area contributed by atoms with Crippen LogP contribution < -0.4 is 10.0 Å². The average Bonchev–Trinajstić information content (AvgIpc) is 2.66. The van der Waals surface area contributed by atoms with Crippen LogP contribution in [0.4, 0.5) is 11.4 Å². The van der Waals surface area contributed by atoms with Gasteiger partial charge >= 0.3 is 0 Å². The van der Waals surface area contributed by atoms with Crippen LogP contribution in [0.3, 0.4) is 0 Å².